The molecule has 1 aliphatic rings. The number of Topliss-reactive ketones (excluding diaryl/α,β-unsaturated/α-hetero) is 1. The molecule has 0 unspecified atom stereocenters. The number of carbonyl (C=O) groups is 2. The summed E-state index contributed by atoms with van der Waals surface area (Å²) in [7, 11) is 0. The van der Waals surface area contributed by atoms with Crippen LogP contribution in [-0.2, 0) is 22.7 Å². The molecule has 0 saturated heterocycles. The lowest BCUT2D eigenvalue weighted by atomic mass is 10.0. The van der Waals surface area contributed by atoms with E-state index in [4.69, 9.17) is 60.6 Å². The lowest BCUT2D eigenvalue weighted by molar-refractivity contribution is -0.119. The van der Waals surface area contributed by atoms with Gasteiger partial charge in [0.2, 0.25) is 0 Å². The van der Waals surface area contributed by atoms with Crippen LogP contribution in [0.15, 0.2) is 54.6 Å². The van der Waals surface area contributed by atoms with Gasteiger partial charge in [-0.15, -0.1) is 0 Å². The molecule has 1 atom stereocenters. The summed E-state index contributed by atoms with van der Waals surface area (Å²) in [6, 6.07) is 13.9. The summed E-state index contributed by atoms with van der Waals surface area (Å²) in [6.45, 7) is 2.18. The van der Waals surface area contributed by atoms with Gasteiger partial charge in [-0.3, -0.25) is 4.79 Å². The molecule has 0 bridgehead atoms. The number of esters is 1. The zero-order valence-electron chi connectivity index (χ0n) is 22.6. The van der Waals surface area contributed by atoms with Crippen molar-refractivity contribution in [1.29, 1.82) is 0 Å². The van der Waals surface area contributed by atoms with Crippen molar-refractivity contribution in [1.82, 2.24) is 0 Å². The highest BCUT2D eigenvalue weighted by Crippen LogP contribution is 2.34. The van der Waals surface area contributed by atoms with Crippen molar-refractivity contribution in [2.45, 2.75) is 64.8 Å². The van der Waals surface area contributed by atoms with Crippen LogP contribution in [0, 0.1) is 0 Å². The third-order valence-electron chi connectivity index (χ3n) is 6.58. The lowest BCUT2D eigenvalue weighted by Gasteiger charge is -2.19. The molecule has 216 valence electrons. The number of halogens is 4. The smallest absolute Gasteiger partial charge is 0.342 e. The van der Waals surface area contributed by atoms with Crippen LogP contribution in [-0.4, -0.2) is 17.9 Å². The Hall–Kier alpha value is -2.70. The van der Waals surface area contributed by atoms with Gasteiger partial charge in [-0.25, -0.2) is 4.79 Å². The summed E-state index contributed by atoms with van der Waals surface area (Å²) in [6.07, 6.45) is 7.10. The van der Waals surface area contributed by atoms with Gasteiger partial charge in [-0.05, 0) is 79.6 Å². The first-order valence-corrected chi connectivity index (χ1v) is 14.9. The number of allylic oxidation sites excluding steroid dienone is 1. The minimum Gasteiger partial charge on any atom is -0.489 e. The van der Waals surface area contributed by atoms with Gasteiger partial charge >= 0.3 is 5.97 Å². The molecule has 9 heteroatoms. The molecule has 0 spiro atoms. The standard InChI is InChI=1S/C32H30Cl4O5/c1-20-6-5-9-24(37)8-4-2-3-7-23-16-25(39-18-21-10-12-26(33)28(35)14-21)17-30(31(23)32(38)41-20)40-19-22-11-13-27(34)29(36)15-22/h3,7,10-17,20H,2,4-6,8-9,18-19H2,1H3/t20-/m1/s1. The Morgan fingerprint density at radius 1 is 0.805 bits per heavy atom. The van der Waals surface area contributed by atoms with Crippen LogP contribution >= 0.6 is 46.4 Å². The highest BCUT2D eigenvalue weighted by atomic mass is 35.5. The van der Waals surface area contributed by atoms with Gasteiger partial charge in [-0.1, -0.05) is 70.7 Å². The average Bonchev–Trinajstić information content (AvgIpc) is 2.93. The number of ketones is 1. The molecule has 0 saturated carbocycles. The molecule has 1 heterocycles. The monoisotopic (exact) mass is 634 g/mol. The van der Waals surface area contributed by atoms with Crippen molar-refractivity contribution in [2.75, 3.05) is 0 Å². The first-order chi connectivity index (χ1) is 19.7. The molecule has 0 fully saturated rings. The molecule has 0 amide bonds. The second kappa shape index (κ2) is 15.0. The Labute approximate surface area is 260 Å². The summed E-state index contributed by atoms with van der Waals surface area (Å²) in [5, 5.41) is 1.73. The van der Waals surface area contributed by atoms with Gasteiger partial charge < -0.3 is 14.2 Å². The molecule has 0 N–H and O–H groups in total. The number of carbonyl (C=O) groups excluding carboxylic acids is 2. The SMILES string of the molecule is C[C@@H]1CCCC(=O)CCCC=Cc2cc(OCc3ccc(Cl)c(Cl)c3)cc(OCc3ccc(Cl)c(Cl)c3)c2C(=O)O1. The number of cyclic esters (lactones) is 1. The third kappa shape index (κ3) is 9.14. The summed E-state index contributed by atoms with van der Waals surface area (Å²) in [5.41, 5.74) is 2.48. The molecule has 1 aliphatic heterocycles. The van der Waals surface area contributed by atoms with Gasteiger partial charge in [0.15, 0.2) is 0 Å². The van der Waals surface area contributed by atoms with Gasteiger partial charge in [0, 0.05) is 18.9 Å². The fourth-order valence-corrected chi connectivity index (χ4v) is 5.03. The van der Waals surface area contributed by atoms with Crippen molar-refractivity contribution in [3.8, 4) is 11.5 Å². The van der Waals surface area contributed by atoms with Crippen LogP contribution in [0.25, 0.3) is 6.08 Å². The number of hydrogen-bond donors (Lipinski definition) is 0. The number of fused-ring (bicyclic) bond motifs is 1. The zero-order chi connectivity index (χ0) is 29.4. The van der Waals surface area contributed by atoms with E-state index in [2.05, 4.69) is 0 Å². The maximum atomic E-state index is 13.5. The van der Waals surface area contributed by atoms with Crippen molar-refractivity contribution in [3.63, 3.8) is 0 Å². The number of ether oxygens (including phenoxy) is 3. The molecule has 41 heavy (non-hydrogen) atoms. The van der Waals surface area contributed by atoms with Crippen molar-refractivity contribution < 1.29 is 23.8 Å². The molecule has 3 aromatic rings. The van der Waals surface area contributed by atoms with Gasteiger partial charge in [-0.2, -0.15) is 0 Å². The maximum Gasteiger partial charge on any atom is 0.342 e. The van der Waals surface area contributed by atoms with Crippen molar-refractivity contribution in [2.24, 2.45) is 0 Å². The Morgan fingerprint density at radius 3 is 2.10 bits per heavy atom. The first kappa shape index (κ1) is 31.2. The van der Waals surface area contributed by atoms with E-state index in [0.717, 1.165) is 17.5 Å². The zero-order valence-corrected chi connectivity index (χ0v) is 25.6. The average molecular weight is 636 g/mol. The summed E-state index contributed by atoms with van der Waals surface area (Å²) in [4.78, 5) is 25.7. The maximum absolute atomic E-state index is 13.5. The van der Waals surface area contributed by atoms with Crippen molar-refractivity contribution >= 4 is 64.2 Å². The Bertz CT molecular complexity index is 1440. The van der Waals surface area contributed by atoms with E-state index in [1.807, 2.05) is 25.1 Å². The van der Waals surface area contributed by atoms with Crippen LogP contribution in [0.5, 0.6) is 11.5 Å². The molecule has 4 rings (SSSR count). The Morgan fingerprint density at radius 2 is 1.44 bits per heavy atom. The fourth-order valence-electron chi connectivity index (χ4n) is 4.38. The molecule has 5 nitrogen and oxygen atoms in total. The molecule has 0 aliphatic carbocycles. The second-order valence-electron chi connectivity index (χ2n) is 9.90. The molecule has 3 aromatic carbocycles. The highest BCUT2D eigenvalue weighted by molar-refractivity contribution is 6.42. The van der Waals surface area contributed by atoms with E-state index in [1.54, 1.807) is 42.5 Å². The van der Waals surface area contributed by atoms with Gasteiger partial charge in [0.05, 0.1) is 26.2 Å². The summed E-state index contributed by atoms with van der Waals surface area (Å²) < 4.78 is 18.1. The van der Waals surface area contributed by atoms with E-state index in [0.29, 0.717) is 74.8 Å². The highest BCUT2D eigenvalue weighted by Gasteiger charge is 2.23. The quantitative estimate of drug-likeness (QED) is 0.252. The van der Waals surface area contributed by atoms with Crippen LogP contribution in [0.1, 0.15) is 72.5 Å². The minimum atomic E-state index is -0.513. The summed E-state index contributed by atoms with van der Waals surface area (Å²) in [5.74, 6) is 0.508. The van der Waals surface area contributed by atoms with E-state index in [-0.39, 0.29) is 25.1 Å². The van der Waals surface area contributed by atoms with Crippen LogP contribution < -0.4 is 9.47 Å². The predicted molar refractivity (Wildman–Crippen MR) is 165 cm³/mol. The Kier molecular flexibility index (Phi) is 11.4. The number of benzene rings is 3. The van der Waals surface area contributed by atoms with E-state index >= 15 is 0 Å². The molecular formula is C32H30Cl4O5. The van der Waals surface area contributed by atoms with Crippen LogP contribution in [0.4, 0.5) is 0 Å². The number of rotatable bonds is 6. The lowest BCUT2D eigenvalue weighted by Crippen LogP contribution is -2.18. The largest absolute Gasteiger partial charge is 0.489 e. The van der Waals surface area contributed by atoms with E-state index in [1.165, 1.54) is 0 Å². The van der Waals surface area contributed by atoms with Gasteiger partial charge in [0.25, 0.3) is 0 Å². The van der Waals surface area contributed by atoms with E-state index < -0.39 is 5.97 Å². The molecule has 0 aromatic heterocycles. The van der Waals surface area contributed by atoms with Crippen LogP contribution in [0.2, 0.25) is 20.1 Å². The fraction of sp³-hybridized carbons (Fsp3) is 0.312. The third-order valence-corrected chi connectivity index (χ3v) is 8.05. The van der Waals surface area contributed by atoms with E-state index in [9.17, 15) is 9.59 Å². The van der Waals surface area contributed by atoms with Gasteiger partial charge in [0.1, 0.15) is 36.1 Å². The Balaban J connectivity index is 1.69. The van der Waals surface area contributed by atoms with Crippen molar-refractivity contribution in [3.05, 3.63) is 97.0 Å². The number of hydrogen-bond acceptors (Lipinski definition) is 5. The second-order valence-corrected chi connectivity index (χ2v) is 11.5. The minimum absolute atomic E-state index is 0.133. The predicted octanol–water partition coefficient (Wildman–Crippen LogP) is 9.94. The molecular weight excluding hydrogens is 606 g/mol. The topological polar surface area (TPSA) is 61.8 Å². The van der Waals surface area contributed by atoms with Crippen LogP contribution in [0.3, 0.4) is 0 Å². The molecule has 0 radical (unpaired) electrons. The first-order valence-electron chi connectivity index (χ1n) is 13.4. The summed E-state index contributed by atoms with van der Waals surface area (Å²) >= 11 is 24.5. The normalized spacial score (nSPS) is 16.5.